The predicted molar refractivity (Wildman–Crippen MR) is 122 cm³/mol. The van der Waals surface area contributed by atoms with E-state index in [4.69, 9.17) is 26.1 Å². The van der Waals surface area contributed by atoms with Crippen LogP contribution < -0.4 is 5.32 Å². The van der Waals surface area contributed by atoms with Gasteiger partial charge in [0.05, 0.1) is 29.9 Å². The minimum absolute atomic E-state index is 0.0137. The molecule has 3 heterocycles. The largest absolute Gasteiger partial charge is 0.416 e. The van der Waals surface area contributed by atoms with Crippen LogP contribution in [0.1, 0.15) is 29.5 Å². The van der Waals surface area contributed by atoms with Gasteiger partial charge in [-0.05, 0) is 48.4 Å². The third kappa shape index (κ3) is 4.08. The highest BCUT2D eigenvalue weighted by atomic mass is 35.5. The van der Waals surface area contributed by atoms with E-state index in [1.165, 1.54) is 0 Å². The molecule has 0 aliphatic carbocycles. The van der Waals surface area contributed by atoms with Crippen molar-refractivity contribution >= 4 is 46.2 Å². The van der Waals surface area contributed by atoms with Gasteiger partial charge in [-0.2, -0.15) is 0 Å². The molecule has 1 saturated heterocycles. The smallest absolute Gasteiger partial charge is 0.309 e. The van der Waals surface area contributed by atoms with Crippen LogP contribution in [0, 0.1) is 0 Å². The molecule has 0 atom stereocenters. The van der Waals surface area contributed by atoms with Gasteiger partial charge in [-0.1, -0.05) is 35.9 Å². The van der Waals surface area contributed by atoms with Crippen LogP contribution in [0.2, 0.25) is 5.02 Å². The second-order valence-electron chi connectivity index (χ2n) is 7.81. The second-order valence-corrected chi connectivity index (χ2v) is 9.21. The van der Waals surface area contributed by atoms with Crippen molar-refractivity contribution in [3.63, 3.8) is 0 Å². The van der Waals surface area contributed by atoms with Crippen LogP contribution in [0.4, 0.5) is 0 Å². The summed E-state index contributed by atoms with van der Waals surface area (Å²) in [5.74, 6) is -1.78. The molecule has 6 nitrogen and oxygen atoms in total. The Morgan fingerprint density at radius 1 is 1.00 bits per heavy atom. The van der Waals surface area contributed by atoms with E-state index < -0.39 is 17.7 Å². The Labute approximate surface area is 194 Å². The van der Waals surface area contributed by atoms with E-state index in [-0.39, 0.29) is 19.4 Å². The number of esters is 2. The minimum Gasteiger partial charge on any atom is -0.416 e. The maximum atomic E-state index is 12.3. The predicted octanol–water partition coefficient (Wildman–Crippen LogP) is 4.36. The number of hydrogen-bond acceptors (Lipinski definition) is 7. The van der Waals surface area contributed by atoms with Crippen LogP contribution in [0.5, 0.6) is 0 Å². The number of carbonyl (C=O) groups is 2. The number of ether oxygens (including phenoxy) is 2. The number of rotatable bonds is 3. The number of thioether (sulfide) groups is 1. The van der Waals surface area contributed by atoms with E-state index >= 15 is 0 Å². The highest BCUT2D eigenvalue weighted by Gasteiger charge is 2.45. The standard InChI is InChI=1S/C24H21ClN2O4S/c25-19-7-6-18-16(11-12-26-14-24(18)30-22(28)9-10-23(29)31-24)17(19)13-32-21-8-5-15-3-1-2-4-20(15)27-21/h1-8,26H,9-14H2. The maximum absolute atomic E-state index is 12.3. The third-order valence-corrected chi connectivity index (χ3v) is 7.03. The number of halogens is 1. The normalized spacial score (nSPS) is 17.9. The lowest BCUT2D eigenvalue weighted by molar-refractivity contribution is -0.225. The molecule has 0 radical (unpaired) electrons. The molecule has 0 amide bonds. The zero-order valence-electron chi connectivity index (χ0n) is 17.2. The van der Waals surface area contributed by atoms with Crippen LogP contribution in [-0.2, 0) is 37.0 Å². The topological polar surface area (TPSA) is 77.5 Å². The number of nitrogens with zero attached hydrogens (tertiary/aromatic N) is 1. The first-order valence-electron chi connectivity index (χ1n) is 10.5. The Kier molecular flexibility index (Phi) is 5.80. The molecule has 0 bridgehead atoms. The van der Waals surface area contributed by atoms with Crippen molar-refractivity contribution in [2.24, 2.45) is 0 Å². The Hall–Kier alpha value is -2.61. The summed E-state index contributed by atoms with van der Waals surface area (Å²) < 4.78 is 11.4. The molecule has 1 fully saturated rings. The number of hydrogen-bond donors (Lipinski definition) is 1. The highest BCUT2D eigenvalue weighted by Crippen LogP contribution is 2.39. The van der Waals surface area contributed by atoms with E-state index in [0.29, 0.717) is 29.3 Å². The number of aromatic nitrogens is 1. The van der Waals surface area contributed by atoms with Crippen molar-refractivity contribution in [3.8, 4) is 0 Å². The molecule has 2 aromatic carbocycles. The quantitative estimate of drug-likeness (QED) is 0.452. The number of pyridine rings is 1. The fourth-order valence-electron chi connectivity index (χ4n) is 4.18. The second kappa shape index (κ2) is 8.73. The molecule has 2 aliphatic heterocycles. The van der Waals surface area contributed by atoms with Gasteiger partial charge in [-0.25, -0.2) is 4.98 Å². The van der Waals surface area contributed by atoms with Crippen LogP contribution in [0.3, 0.4) is 0 Å². The van der Waals surface area contributed by atoms with Crippen molar-refractivity contribution < 1.29 is 19.1 Å². The summed E-state index contributed by atoms with van der Waals surface area (Å²) in [7, 11) is 0. The number of carbonyl (C=O) groups excluding carboxylic acids is 2. The van der Waals surface area contributed by atoms with E-state index in [1.807, 2.05) is 30.3 Å². The van der Waals surface area contributed by atoms with Crippen molar-refractivity contribution in [2.45, 2.75) is 35.8 Å². The van der Waals surface area contributed by atoms with Gasteiger partial charge in [0.2, 0.25) is 0 Å². The van der Waals surface area contributed by atoms with E-state index in [1.54, 1.807) is 23.9 Å². The van der Waals surface area contributed by atoms with Gasteiger partial charge in [0.1, 0.15) is 0 Å². The van der Waals surface area contributed by atoms with Crippen LogP contribution in [-0.4, -0.2) is 30.0 Å². The third-order valence-electron chi connectivity index (χ3n) is 5.72. The fourth-order valence-corrected chi connectivity index (χ4v) is 5.45. The monoisotopic (exact) mass is 468 g/mol. The summed E-state index contributed by atoms with van der Waals surface area (Å²) in [6.07, 6.45) is 0.702. The highest BCUT2D eigenvalue weighted by molar-refractivity contribution is 7.98. The summed E-state index contributed by atoms with van der Waals surface area (Å²) in [6.45, 7) is 0.855. The summed E-state index contributed by atoms with van der Waals surface area (Å²) >= 11 is 8.21. The molecule has 2 aliphatic rings. The summed E-state index contributed by atoms with van der Waals surface area (Å²) in [5, 5.41) is 5.86. The van der Waals surface area contributed by atoms with Crippen LogP contribution in [0.15, 0.2) is 53.6 Å². The first-order chi connectivity index (χ1) is 15.5. The van der Waals surface area contributed by atoms with Gasteiger partial charge < -0.3 is 14.8 Å². The molecule has 1 aromatic heterocycles. The Morgan fingerprint density at radius 3 is 2.59 bits per heavy atom. The van der Waals surface area contributed by atoms with E-state index in [2.05, 4.69) is 11.4 Å². The van der Waals surface area contributed by atoms with Gasteiger partial charge in [-0.3, -0.25) is 9.59 Å². The number of para-hydroxylation sites is 1. The van der Waals surface area contributed by atoms with Gasteiger partial charge in [0.15, 0.2) is 0 Å². The molecule has 8 heteroatoms. The summed E-state index contributed by atoms with van der Waals surface area (Å²) in [5.41, 5.74) is 3.50. The van der Waals surface area contributed by atoms with Crippen molar-refractivity contribution in [1.29, 1.82) is 0 Å². The molecule has 0 saturated carbocycles. The minimum atomic E-state index is -1.47. The average Bonchev–Trinajstić information content (AvgIpc) is 3.05. The Morgan fingerprint density at radius 2 is 1.78 bits per heavy atom. The molecule has 1 spiro atoms. The Balaban J connectivity index is 1.51. The average molecular weight is 469 g/mol. The zero-order valence-corrected chi connectivity index (χ0v) is 18.8. The van der Waals surface area contributed by atoms with Crippen LogP contribution in [0.25, 0.3) is 10.9 Å². The van der Waals surface area contributed by atoms with Crippen molar-refractivity contribution in [2.75, 3.05) is 13.1 Å². The molecule has 1 N–H and O–H groups in total. The zero-order chi connectivity index (χ0) is 22.1. The van der Waals surface area contributed by atoms with E-state index in [0.717, 1.165) is 27.1 Å². The molecular weight excluding hydrogens is 448 g/mol. The lowest BCUT2D eigenvalue weighted by atomic mass is 9.94. The van der Waals surface area contributed by atoms with Gasteiger partial charge >= 0.3 is 11.9 Å². The molecule has 164 valence electrons. The summed E-state index contributed by atoms with van der Waals surface area (Å²) in [6, 6.07) is 15.6. The molecular formula is C24H21ClN2O4S. The fraction of sp³-hybridized carbons (Fsp3) is 0.292. The lowest BCUT2D eigenvalue weighted by Crippen LogP contribution is -2.43. The molecule has 0 unspecified atom stereocenters. The van der Waals surface area contributed by atoms with Gasteiger partial charge in [0.25, 0.3) is 5.79 Å². The number of benzene rings is 2. The molecule has 3 aromatic rings. The first kappa shape index (κ1) is 21.2. The molecule has 32 heavy (non-hydrogen) atoms. The van der Waals surface area contributed by atoms with E-state index in [9.17, 15) is 9.59 Å². The van der Waals surface area contributed by atoms with Crippen molar-refractivity contribution in [3.05, 3.63) is 70.2 Å². The summed E-state index contributed by atoms with van der Waals surface area (Å²) in [4.78, 5) is 29.3. The van der Waals surface area contributed by atoms with Crippen LogP contribution >= 0.6 is 23.4 Å². The number of fused-ring (bicyclic) bond motifs is 3. The molecule has 5 rings (SSSR count). The first-order valence-corrected chi connectivity index (χ1v) is 11.8. The number of nitrogens with one attached hydrogen (secondary N) is 1. The van der Waals surface area contributed by atoms with Gasteiger partial charge in [-0.15, -0.1) is 11.8 Å². The SMILES string of the molecule is O=C1CCC(=O)OC2(CNCCc3c2ccc(Cl)c3CSc2ccc3ccccc3n2)O1. The lowest BCUT2D eigenvalue weighted by Gasteiger charge is -2.32. The van der Waals surface area contributed by atoms with Crippen molar-refractivity contribution in [1.82, 2.24) is 10.3 Å². The Bertz CT molecular complexity index is 1200. The van der Waals surface area contributed by atoms with Gasteiger partial charge in [0, 0.05) is 21.7 Å². The maximum Gasteiger partial charge on any atom is 0.309 e.